The van der Waals surface area contributed by atoms with Crippen molar-refractivity contribution in [3.8, 4) is 23.0 Å². The first-order valence-corrected chi connectivity index (χ1v) is 8.74. The summed E-state index contributed by atoms with van der Waals surface area (Å²) in [4.78, 5) is 0. The Morgan fingerprint density at radius 3 is 2.00 bits per heavy atom. The first kappa shape index (κ1) is 18.8. The topological polar surface area (TPSA) is 61.0 Å². The number of rotatable bonds is 6. The van der Waals surface area contributed by atoms with Gasteiger partial charge in [-0.2, -0.15) is 0 Å². The van der Waals surface area contributed by atoms with Gasteiger partial charge in [0.05, 0.1) is 34.5 Å². The molecule has 1 atom stereocenters. The van der Waals surface area contributed by atoms with E-state index in [1.807, 2.05) is 36.4 Å². The molecule has 0 aromatic heterocycles. The monoisotopic (exact) mass is 386 g/mol. The van der Waals surface area contributed by atoms with Crippen LogP contribution in [-0.4, -0.2) is 33.6 Å². The van der Waals surface area contributed by atoms with Gasteiger partial charge in [0.2, 0.25) is 5.75 Å². The molecule has 0 amide bonds. The number of nitrogens with one attached hydrogen (secondary N) is 2. The standard InChI is InChI=1S/C20H22N2O4S/c1-23-14-7-5-12(6-8-14)15-11-16(22-20(27)21-15)13-9-17(24-2)19(26-4)18(10-13)25-3/h5-11,16H,1-4H3,(H2,21,22,27)/t16-/m0/s1. The van der Waals surface area contributed by atoms with Crippen molar-refractivity contribution in [2.45, 2.75) is 6.04 Å². The molecule has 7 heteroatoms. The molecule has 27 heavy (non-hydrogen) atoms. The number of hydrogen-bond donors (Lipinski definition) is 2. The smallest absolute Gasteiger partial charge is 0.203 e. The van der Waals surface area contributed by atoms with E-state index >= 15 is 0 Å². The highest BCUT2D eigenvalue weighted by atomic mass is 32.1. The highest BCUT2D eigenvalue weighted by Crippen LogP contribution is 2.40. The molecule has 2 aromatic carbocycles. The molecule has 0 bridgehead atoms. The van der Waals surface area contributed by atoms with E-state index in [2.05, 4.69) is 16.7 Å². The van der Waals surface area contributed by atoms with Gasteiger partial charge in [-0.1, -0.05) is 0 Å². The van der Waals surface area contributed by atoms with Crippen LogP contribution in [0.5, 0.6) is 23.0 Å². The number of hydrogen-bond acceptors (Lipinski definition) is 5. The summed E-state index contributed by atoms with van der Waals surface area (Å²) in [5.74, 6) is 2.55. The van der Waals surface area contributed by atoms with Gasteiger partial charge in [0, 0.05) is 5.70 Å². The maximum Gasteiger partial charge on any atom is 0.203 e. The molecule has 0 saturated heterocycles. The second-order valence-electron chi connectivity index (χ2n) is 5.84. The number of thiocarbonyl (C=S) groups is 1. The minimum Gasteiger partial charge on any atom is -0.497 e. The second-order valence-corrected chi connectivity index (χ2v) is 6.25. The van der Waals surface area contributed by atoms with Gasteiger partial charge in [-0.3, -0.25) is 0 Å². The van der Waals surface area contributed by atoms with Gasteiger partial charge < -0.3 is 29.6 Å². The lowest BCUT2D eigenvalue weighted by atomic mass is 10.0. The van der Waals surface area contributed by atoms with Gasteiger partial charge in [-0.05, 0) is 65.8 Å². The summed E-state index contributed by atoms with van der Waals surface area (Å²) in [6.45, 7) is 0. The molecule has 1 heterocycles. The summed E-state index contributed by atoms with van der Waals surface area (Å²) >= 11 is 5.40. The minimum absolute atomic E-state index is 0.149. The van der Waals surface area contributed by atoms with Crippen molar-refractivity contribution >= 4 is 23.0 Å². The van der Waals surface area contributed by atoms with Crippen LogP contribution < -0.4 is 29.6 Å². The molecule has 142 valence electrons. The van der Waals surface area contributed by atoms with Crippen molar-refractivity contribution in [2.75, 3.05) is 28.4 Å². The zero-order valence-corrected chi connectivity index (χ0v) is 16.5. The van der Waals surface area contributed by atoms with E-state index in [-0.39, 0.29) is 6.04 Å². The average molecular weight is 386 g/mol. The van der Waals surface area contributed by atoms with Crippen LogP contribution >= 0.6 is 12.2 Å². The fourth-order valence-electron chi connectivity index (χ4n) is 2.95. The summed E-state index contributed by atoms with van der Waals surface area (Å²) in [6.07, 6.45) is 2.07. The van der Waals surface area contributed by atoms with E-state index in [4.69, 9.17) is 31.2 Å². The summed E-state index contributed by atoms with van der Waals surface area (Å²) in [5.41, 5.74) is 2.87. The SMILES string of the molecule is COc1ccc(C2=C[C@@H](c3cc(OC)c(OC)c(OC)c3)NC(=S)N2)cc1. The second kappa shape index (κ2) is 8.18. The summed E-state index contributed by atoms with van der Waals surface area (Å²) in [7, 11) is 6.42. The van der Waals surface area contributed by atoms with Crippen LogP contribution in [0.4, 0.5) is 0 Å². The molecule has 0 spiro atoms. The normalized spacial score (nSPS) is 15.9. The number of methoxy groups -OCH3 is 4. The maximum atomic E-state index is 5.46. The Morgan fingerprint density at radius 1 is 0.852 bits per heavy atom. The third-order valence-corrected chi connectivity index (χ3v) is 4.54. The van der Waals surface area contributed by atoms with Crippen molar-refractivity contribution in [1.29, 1.82) is 0 Å². The molecular weight excluding hydrogens is 364 g/mol. The average Bonchev–Trinajstić information content (AvgIpc) is 2.72. The molecule has 6 nitrogen and oxygen atoms in total. The Hall–Kier alpha value is -2.93. The number of ether oxygens (including phenoxy) is 4. The van der Waals surface area contributed by atoms with E-state index in [9.17, 15) is 0 Å². The molecule has 1 aliphatic rings. The molecule has 1 aliphatic heterocycles. The van der Waals surface area contributed by atoms with Crippen molar-refractivity contribution in [2.24, 2.45) is 0 Å². The highest BCUT2D eigenvalue weighted by molar-refractivity contribution is 7.80. The van der Waals surface area contributed by atoms with Gasteiger partial charge >= 0.3 is 0 Å². The molecule has 3 rings (SSSR count). The first-order valence-electron chi connectivity index (χ1n) is 8.33. The van der Waals surface area contributed by atoms with E-state index in [0.717, 1.165) is 22.6 Å². The van der Waals surface area contributed by atoms with Crippen LogP contribution in [0.1, 0.15) is 17.2 Å². The lowest BCUT2D eigenvalue weighted by Crippen LogP contribution is -2.40. The van der Waals surface area contributed by atoms with Crippen molar-refractivity contribution in [3.63, 3.8) is 0 Å². The molecule has 0 fully saturated rings. The van der Waals surface area contributed by atoms with Crippen molar-refractivity contribution < 1.29 is 18.9 Å². The van der Waals surface area contributed by atoms with E-state index in [1.54, 1.807) is 28.4 Å². The lowest BCUT2D eigenvalue weighted by molar-refractivity contribution is 0.323. The summed E-state index contributed by atoms with van der Waals surface area (Å²) in [6, 6.07) is 11.5. The predicted molar refractivity (Wildman–Crippen MR) is 109 cm³/mol. The Kier molecular flexibility index (Phi) is 5.71. The predicted octanol–water partition coefficient (Wildman–Crippen LogP) is 3.28. The molecule has 0 unspecified atom stereocenters. The van der Waals surface area contributed by atoms with Gasteiger partial charge in [-0.25, -0.2) is 0 Å². The summed E-state index contributed by atoms with van der Waals surface area (Å²) in [5, 5.41) is 7.01. The highest BCUT2D eigenvalue weighted by Gasteiger charge is 2.22. The van der Waals surface area contributed by atoms with Crippen LogP contribution in [-0.2, 0) is 0 Å². The van der Waals surface area contributed by atoms with Crippen LogP contribution in [0.3, 0.4) is 0 Å². The minimum atomic E-state index is -0.149. The number of benzene rings is 2. The Balaban J connectivity index is 2.01. The van der Waals surface area contributed by atoms with E-state index < -0.39 is 0 Å². The molecule has 2 N–H and O–H groups in total. The van der Waals surface area contributed by atoms with Crippen molar-refractivity contribution in [3.05, 3.63) is 53.6 Å². The third kappa shape index (κ3) is 3.93. The zero-order chi connectivity index (χ0) is 19.4. The maximum absolute atomic E-state index is 5.46. The van der Waals surface area contributed by atoms with Gasteiger partial charge in [0.1, 0.15) is 5.75 Å². The fourth-order valence-corrected chi connectivity index (χ4v) is 3.19. The zero-order valence-electron chi connectivity index (χ0n) is 15.7. The Bertz CT molecular complexity index is 840. The third-order valence-electron chi connectivity index (χ3n) is 4.32. The Morgan fingerprint density at radius 2 is 1.48 bits per heavy atom. The van der Waals surface area contributed by atoms with Crippen LogP contribution in [0.15, 0.2) is 42.5 Å². The van der Waals surface area contributed by atoms with Crippen LogP contribution in [0, 0.1) is 0 Å². The van der Waals surface area contributed by atoms with Crippen molar-refractivity contribution in [1.82, 2.24) is 10.6 Å². The Labute approximate surface area is 164 Å². The van der Waals surface area contributed by atoms with Gasteiger partial charge in [0.25, 0.3) is 0 Å². The molecule has 2 aromatic rings. The van der Waals surface area contributed by atoms with Crippen LogP contribution in [0.25, 0.3) is 5.70 Å². The van der Waals surface area contributed by atoms with Gasteiger partial charge in [-0.15, -0.1) is 0 Å². The summed E-state index contributed by atoms with van der Waals surface area (Å²) < 4.78 is 21.5. The fraction of sp³-hybridized carbons (Fsp3) is 0.250. The van der Waals surface area contributed by atoms with Gasteiger partial charge in [0.15, 0.2) is 16.6 Å². The largest absolute Gasteiger partial charge is 0.497 e. The lowest BCUT2D eigenvalue weighted by Gasteiger charge is -2.27. The quantitative estimate of drug-likeness (QED) is 0.739. The molecule has 0 radical (unpaired) electrons. The molecule has 0 saturated carbocycles. The van der Waals surface area contributed by atoms with E-state index in [1.165, 1.54) is 0 Å². The molecular formula is C20H22N2O4S. The first-order chi connectivity index (χ1) is 13.1. The van der Waals surface area contributed by atoms with E-state index in [0.29, 0.717) is 22.4 Å². The van der Waals surface area contributed by atoms with Crippen LogP contribution in [0.2, 0.25) is 0 Å². The molecule has 0 aliphatic carbocycles.